The van der Waals surface area contributed by atoms with Crippen LogP contribution in [0.2, 0.25) is 0 Å². The number of anilines is 4. The number of carbonyl (C=O) groups excluding carboxylic acids is 5. The highest BCUT2D eigenvalue weighted by Gasteiger charge is 2.83. The Bertz CT molecular complexity index is 5920. The summed E-state index contributed by atoms with van der Waals surface area (Å²) in [5, 5.41) is 56.2. The van der Waals surface area contributed by atoms with Gasteiger partial charge in [0, 0.05) is 111 Å². The Morgan fingerprint density at radius 2 is 0.908 bits per heavy atom. The lowest BCUT2D eigenvalue weighted by molar-refractivity contribution is -0.276. The van der Waals surface area contributed by atoms with Gasteiger partial charge in [0.05, 0.1) is 47.3 Å². The molecule has 23 rings (SSSR count). The minimum absolute atomic E-state index is 0. The van der Waals surface area contributed by atoms with Crippen molar-refractivity contribution in [2.45, 2.75) is 233 Å². The van der Waals surface area contributed by atoms with Gasteiger partial charge in [-0.3, -0.25) is 29.6 Å². The van der Waals surface area contributed by atoms with Crippen LogP contribution in [-0.2, 0) is 46.4 Å². The van der Waals surface area contributed by atoms with E-state index in [1.807, 2.05) is 72.8 Å². The van der Waals surface area contributed by atoms with Crippen molar-refractivity contribution in [3.63, 3.8) is 0 Å². The smallest absolute Gasteiger partial charge is 0.418 e. The van der Waals surface area contributed by atoms with Gasteiger partial charge in [-0.25, -0.2) is 53.7 Å². The van der Waals surface area contributed by atoms with Crippen molar-refractivity contribution in [3.8, 4) is 35.1 Å². The molecule has 33 heteroatoms. The number of benzene rings is 4. The van der Waals surface area contributed by atoms with Crippen LogP contribution in [0.5, 0.6) is 28.9 Å². The van der Waals surface area contributed by atoms with E-state index < -0.39 is 54.4 Å². The highest BCUT2D eigenvalue weighted by atomic mass is 35.5. The van der Waals surface area contributed by atoms with Crippen LogP contribution in [0.15, 0.2) is 177 Å². The summed E-state index contributed by atoms with van der Waals surface area (Å²) in [6.07, 6.45) is 22.1. The number of carboxylic acids is 2. The van der Waals surface area contributed by atoms with Crippen LogP contribution in [0.25, 0.3) is 0 Å². The van der Waals surface area contributed by atoms with Gasteiger partial charge in [-0.1, -0.05) is 136 Å². The van der Waals surface area contributed by atoms with Crippen LogP contribution in [0.3, 0.4) is 0 Å². The van der Waals surface area contributed by atoms with Gasteiger partial charge < -0.3 is 65.1 Å². The summed E-state index contributed by atoms with van der Waals surface area (Å²) in [5.74, 6) is 2.32. The average molecular weight is 1990 g/mol. The molecule has 8 bridgehead atoms. The van der Waals surface area contributed by atoms with Gasteiger partial charge in [0.2, 0.25) is 5.88 Å². The Hall–Kier alpha value is -12.4. The highest BCUT2D eigenvalue weighted by molar-refractivity contribution is 6.40. The molecular weight excluding hydrogens is 1860 g/mol. The van der Waals surface area contributed by atoms with E-state index in [4.69, 9.17) is 74.8 Å². The summed E-state index contributed by atoms with van der Waals surface area (Å²) >= 11 is 9.53. The number of aromatic carboxylic acids is 2. The molecule has 4 aliphatic heterocycles. The van der Waals surface area contributed by atoms with Gasteiger partial charge in [-0.05, 0) is 247 Å². The molecule has 2 amide bonds. The second kappa shape index (κ2) is 41.9. The number of nitrogen functional groups attached to an aromatic ring is 2. The first-order valence-corrected chi connectivity index (χ1v) is 48.9. The molecule has 9 aromatic rings. The number of fused-ring (bicyclic) bond motifs is 4. The molecule has 2 saturated heterocycles. The number of carbonyl (C=O) groups is 7. The van der Waals surface area contributed by atoms with Crippen LogP contribution in [0, 0.1) is 67.7 Å². The number of nitrogens with two attached hydrogens (primary N) is 2. The first kappa shape index (κ1) is 104. The van der Waals surface area contributed by atoms with E-state index in [0.29, 0.717) is 63.5 Å². The number of aromatic nitrogens is 5. The number of alkyl halides is 3. The summed E-state index contributed by atoms with van der Waals surface area (Å²) in [7, 11) is -1.00. The number of ketones is 1. The Morgan fingerprint density at radius 1 is 0.535 bits per heavy atom. The number of aliphatic hydroxyl groups is 2. The van der Waals surface area contributed by atoms with E-state index in [9.17, 15) is 53.3 Å². The van der Waals surface area contributed by atoms with Crippen molar-refractivity contribution in [2.24, 2.45) is 56.2 Å². The predicted molar refractivity (Wildman–Crippen MR) is 535 cm³/mol. The minimum atomic E-state index is -1.08. The van der Waals surface area contributed by atoms with E-state index in [2.05, 4.69) is 131 Å². The topological polar surface area (TPSA) is 436 Å². The zero-order valence-electron chi connectivity index (χ0n) is 82.3. The van der Waals surface area contributed by atoms with Crippen molar-refractivity contribution in [1.29, 1.82) is 5.26 Å². The van der Waals surface area contributed by atoms with E-state index >= 15 is 0 Å². The van der Waals surface area contributed by atoms with Gasteiger partial charge in [0.25, 0.3) is 6.26 Å². The lowest BCUT2D eigenvalue weighted by Crippen LogP contribution is -2.80. The molecule has 8 saturated carbocycles. The number of Topliss-reactive ketones (excluding diaryl/α,β-unsaturated/α-hetero) is 1. The maximum absolute atomic E-state index is 13.2. The van der Waals surface area contributed by atoms with Crippen LogP contribution in [0.1, 0.15) is 247 Å². The molecule has 30 nitrogen and oxygen atoms in total. The summed E-state index contributed by atoms with van der Waals surface area (Å²) < 4.78 is 56.6. The fourth-order valence-electron chi connectivity index (χ4n) is 24.6. The number of piperidine rings is 2. The number of pyridine rings is 5. The van der Waals surface area contributed by atoms with Gasteiger partial charge in [-0.15, -0.1) is 28.5 Å². The Balaban J connectivity index is 0.000000153. The summed E-state index contributed by atoms with van der Waals surface area (Å²) in [4.78, 5) is 108. The number of hydrogen-bond acceptors (Lipinski definition) is 26. The number of halogens is 3. The maximum atomic E-state index is 13.2. The number of esters is 2. The molecule has 754 valence electrons. The molecule has 10 N–H and O–H groups in total. The third-order valence-corrected chi connectivity index (χ3v) is 32.6. The second-order valence-corrected chi connectivity index (χ2v) is 42.9. The SMILES string of the molecule is C.CC(=O)c1ccc(NC(=O)Oc2ccc3c4c2O[C@H]2[C@]5(C)CC[C@@]6(C[C@@H]5[C@@](C)(O)C(C)(C)C)C(C3)N(CC3CC3)CC[C@]426)nc1.CC(C)(C)[C@](C)(O)[C@H]1C[C@@]23CC[C@@]1(C)[C@@H]1Oc4c(OC(=O)Nc5ccc(C(=O)O)cn5)ccc5c4[C@@]12CCN(CC1CC1)[C@@H]3C5.ClCCl.N#COc1ccc(C(=O)OCc2ccccc2)cn1.Nc1ccc(C(=O)O)cn1.Nc1ccc(C(=O)OCc2ccccc2)cn1.[2H]CF. The third-order valence-electron chi connectivity index (χ3n) is 32.6. The lowest BCUT2D eigenvalue weighted by Gasteiger charge is -2.75. The molecule has 14 atom stereocenters. The molecule has 14 aliphatic rings. The summed E-state index contributed by atoms with van der Waals surface area (Å²) in [6, 6.07) is 42.8. The van der Waals surface area contributed by atoms with Crippen LogP contribution < -0.4 is 45.8 Å². The van der Waals surface area contributed by atoms with E-state index in [-0.39, 0.29) is 122 Å². The van der Waals surface area contributed by atoms with Crippen LogP contribution in [-0.4, -0.2) is 171 Å². The Kier molecular flexibility index (Phi) is 30.6. The molecule has 0 radical (unpaired) electrons. The summed E-state index contributed by atoms with van der Waals surface area (Å²) in [5.41, 5.74) is 15.7. The number of likely N-dealkylation sites (tertiary alicyclic amines) is 2. The zero-order valence-corrected chi connectivity index (χ0v) is 82.8. The molecule has 1 unspecified atom stereocenters. The van der Waals surface area contributed by atoms with Crippen molar-refractivity contribution >= 4 is 88.3 Å². The van der Waals surface area contributed by atoms with E-state index in [1.54, 1.807) is 24.3 Å². The minimum Gasteiger partial charge on any atom is -0.485 e. The second-order valence-electron chi connectivity index (χ2n) is 42.0. The molecular formula is C109H129Cl2FN12O18. The van der Waals surface area contributed by atoms with Gasteiger partial charge in [0.15, 0.2) is 28.8 Å². The first-order valence-electron chi connectivity index (χ1n) is 48.5. The van der Waals surface area contributed by atoms with Crippen molar-refractivity contribution < 1.29 is 92.9 Å². The molecule has 5 aromatic heterocycles. The van der Waals surface area contributed by atoms with Gasteiger partial charge in [-0.2, -0.15) is 0 Å². The first-order chi connectivity index (χ1) is 67.5. The van der Waals surface area contributed by atoms with Crippen LogP contribution in [0.4, 0.5) is 37.3 Å². The van der Waals surface area contributed by atoms with Crippen LogP contribution >= 0.6 is 23.2 Å². The standard InChI is InChI=1S/C37H47N3O5.C36H45N3O6.C14H10N2O3.C13H12N2O2.C6H6N2O2.CH2Cl2.CH3F.CH4/c1-21(41)24-10-12-28(38-19-24)39-32(42)44-25-11-9-23-17-27-36-14-13-34(5,26(18-36)35(6,43)33(2,3)4)31-37(36,29(23)30(25)45-31)15-16-40(27)20-22-7-8-22;1-32(2,3)34(5,43)24-17-35-13-12-33(24,4)30-36(35)14-15-39(19-20-6-7-20)25(35)16-21-8-10-23(28(45-30)27(21)36)44-31(42)38-26-11-9-22(18-37-26)29(40)41;15-10-19-13-7-6-12(8-16-13)14(17)18-9-11-4-2-1-3-5-11;14-12-7-6-11(8-15-12)13(16)17-9-10-4-2-1-3-5-10;7-5-2-1-4(3-8-5)6(9)10;2-1-3;1-2;/h9-12,19,22,26-27,31,43H,7-8,13-18,20H2,1-6H3,(H,38,39,42);8-11,18,20,24-25,30,43H,6-7,12-17,19H2,1-5H3,(H,40,41)(H,37,38,42);1-8H,9H2;1-8H,9H2,(H2,14,15);1-3H,(H2,7,8)(H,9,10);1H2;1H3;1H4/t26-,27?,31-,34+,35+,36+,37-;24-,25+,30-,33+,34+,35+,36-;;;;;;/m00....../s1/i;;;;;;1D;. The number of hydrogen-bond donors (Lipinski definition) is 8. The quantitative estimate of drug-likeness (QED) is 0.0152. The number of nitriles is 1. The normalized spacial score (nSPS) is 26.0. The number of rotatable bonds is 20. The number of nitrogens with zero attached hydrogens (tertiary/aromatic N) is 8. The molecule has 9 heterocycles. The third kappa shape index (κ3) is 20.1. The Morgan fingerprint density at radius 3 is 1.25 bits per heavy atom. The van der Waals surface area contributed by atoms with Crippen molar-refractivity contribution in [3.05, 3.63) is 238 Å². The number of amides is 2. The number of ether oxygens (including phenoxy) is 7. The number of nitrogens with one attached hydrogen (secondary N) is 2. The fraction of sp³-hybridized carbons (Fsp3) is 0.477. The van der Waals surface area contributed by atoms with Crippen molar-refractivity contribution in [1.82, 2.24) is 34.7 Å². The molecule has 10 aliphatic carbocycles. The van der Waals surface area contributed by atoms with E-state index in [0.717, 1.165) is 113 Å². The van der Waals surface area contributed by atoms with Crippen molar-refractivity contribution in [2.75, 3.05) is 60.8 Å². The monoisotopic (exact) mass is 1980 g/mol. The number of carboxylic acid groups (broad SMARTS) is 2. The molecule has 142 heavy (non-hydrogen) atoms. The zero-order chi connectivity index (χ0) is 102. The summed E-state index contributed by atoms with van der Waals surface area (Å²) in [6.45, 7) is 28.2. The average Bonchev–Trinajstić information content (AvgIpc) is 1.52. The van der Waals surface area contributed by atoms with Gasteiger partial charge >= 0.3 is 36.1 Å². The fourth-order valence-corrected chi connectivity index (χ4v) is 24.6. The highest BCUT2D eigenvalue weighted by Crippen LogP contribution is 2.82. The molecule has 10 fully saturated rings. The molecule has 4 spiro atoms. The molecule has 4 aromatic carbocycles. The lowest BCUT2D eigenvalue weighted by atomic mass is 9.31. The largest absolute Gasteiger partial charge is 0.485 e. The van der Waals surface area contributed by atoms with E-state index in [1.165, 1.54) is 135 Å². The maximum Gasteiger partial charge on any atom is 0.418 e. The Labute approximate surface area is 839 Å². The predicted octanol–water partition coefficient (Wildman–Crippen LogP) is 19.9. The van der Waals surface area contributed by atoms with Gasteiger partial charge in [0.1, 0.15) is 48.7 Å².